The van der Waals surface area contributed by atoms with Crippen LogP contribution in [0.4, 0.5) is 11.6 Å². The number of hydrogen-bond donors (Lipinski definition) is 2. The van der Waals surface area contributed by atoms with Gasteiger partial charge in [0.15, 0.2) is 11.5 Å². The fourth-order valence-electron chi connectivity index (χ4n) is 4.67. The van der Waals surface area contributed by atoms with E-state index in [-0.39, 0.29) is 12.2 Å². The molecule has 4 aromatic rings. The molecular weight excluding hydrogens is 450 g/mol. The molecule has 5 rings (SSSR count). The van der Waals surface area contributed by atoms with Crippen LogP contribution in [0.1, 0.15) is 42.1 Å². The Balaban J connectivity index is 1.55. The fraction of sp³-hybridized carbons (Fsp3) is 0.400. The number of anilines is 2. The minimum absolute atomic E-state index is 0.200. The largest absolute Gasteiger partial charge is 0.373 e. The topological polar surface area (TPSA) is 83.4 Å². The maximum atomic E-state index is 6.09. The van der Waals surface area contributed by atoms with Gasteiger partial charge in [0.25, 0.3) is 0 Å². The van der Waals surface area contributed by atoms with Gasteiger partial charge in [-0.05, 0) is 45.4 Å². The highest BCUT2D eigenvalue weighted by Crippen LogP contribution is 2.25. The molecule has 2 N–H and O–H groups in total. The van der Waals surface area contributed by atoms with Crippen LogP contribution in [-0.2, 0) is 17.7 Å². The van der Waals surface area contributed by atoms with Crippen molar-refractivity contribution < 1.29 is 4.74 Å². The molecule has 178 valence electrons. The van der Waals surface area contributed by atoms with E-state index in [1.54, 1.807) is 0 Å². The van der Waals surface area contributed by atoms with Crippen LogP contribution in [0.15, 0.2) is 36.4 Å². The average molecular weight is 480 g/mol. The van der Waals surface area contributed by atoms with Crippen LogP contribution in [0.2, 0.25) is 5.02 Å². The number of ether oxygens (including phenoxy) is 1. The Morgan fingerprint density at radius 1 is 1.09 bits per heavy atom. The summed E-state index contributed by atoms with van der Waals surface area (Å²) in [5.74, 6) is 1.49. The van der Waals surface area contributed by atoms with Crippen LogP contribution in [0.25, 0.3) is 5.65 Å². The van der Waals surface area contributed by atoms with Crippen LogP contribution in [0.3, 0.4) is 0 Å². The number of morpholine rings is 1. The normalized spacial score (nSPS) is 19.1. The first-order chi connectivity index (χ1) is 16.3. The Morgan fingerprint density at radius 3 is 2.50 bits per heavy atom. The second-order valence-electron chi connectivity index (χ2n) is 9.25. The molecule has 0 spiro atoms. The predicted molar refractivity (Wildman–Crippen MR) is 134 cm³/mol. The molecule has 34 heavy (non-hydrogen) atoms. The maximum absolute atomic E-state index is 6.09. The smallest absolute Gasteiger partial charge is 0.161 e. The van der Waals surface area contributed by atoms with Crippen molar-refractivity contribution in [1.82, 2.24) is 29.7 Å². The Morgan fingerprint density at radius 2 is 1.82 bits per heavy atom. The van der Waals surface area contributed by atoms with E-state index in [0.717, 1.165) is 71.0 Å². The number of aromatic nitrogens is 5. The molecule has 9 heteroatoms. The molecule has 3 aromatic heterocycles. The molecule has 0 radical (unpaired) electrons. The van der Waals surface area contributed by atoms with E-state index < -0.39 is 0 Å². The van der Waals surface area contributed by atoms with Gasteiger partial charge in [-0.25, -0.2) is 9.50 Å². The van der Waals surface area contributed by atoms with Gasteiger partial charge in [-0.2, -0.15) is 10.2 Å². The highest BCUT2D eigenvalue weighted by Gasteiger charge is 2.24. The second kappa shape index (κ2) is 9.37. The van der Waals surface area contributed by atoms with Gasteiger partial charge in [-0.15, -0.1) is 0 Å². The number of rotatable bonds is 6. The van der Waals surface area contributed by atoms with Gasteiger partial charge < -0.3 is 10.1 Å². The zero-order valence-electron chi connectivity index (χ0n) is 20.0. The third-order valence-corrected chi connectivity index (χ3v) is 6.35. The van der Waals surface area contributed by atoms with Gasteiger partial charge in [-0.3, -0.25) is 10.00 Å². The molecule has 1 aliphatic heterocycles. The standard InChI is InChI=1S/C25H30ClN7O/c1-15-9-24(30-29-15)27-23-11-21(14-32-12-16(2)34-17(3)13-32)33-25(28-23)22(18(4)31-33)10-19-5-7-20(26)8-6-19/h5-9,11,16-17H,10,12-14H2,1-4H3,(H2,27,28,29,30). The first-order valence-electron chi connectivity index (χ1n) is 11.6. The van der Waals surface area contributed by atoms with Crippen molar-refractivity contribution in [3.63, 3.8) is 0 Å². The van der Waals surface area contributed by atoms with Gasteiger partial charge in [-0.1, -0.05) is 23.7 Å². The number of benzene rings is 1. The fourth-order valence-corrected chi connectivity index (χ4v) is 4.80. The number of hydrogen-bond acceptors (Lipinski definition) is 6. The van der Waals surface area contributed by atoms with Crippen molar-refractivity contribution in [2.75, 3.05) is 18.4 Å². The van der Waals surface area contributed by atoms with Gasteiger partial charge in [0.05, 0.1) is 23.6 Å². The van der Waals surface area contributed by atoms with Gasteiger partial charge in [0.2, 0.25) is 0 Å². The van der Waals surface area contributed by atoms with Crippen LogP contribution in [0, 0.1) is 13.8 Å². The summed E-state index contributed by atoms with van der Waals surface area (Å²) in [6, 6.07) is 12.0. The number of nitrogens with one attached hydrogen (secondary N) is 2. The lowest BCUT2D eigenvalue weighted by atomic mass is 10.1. The summed E-state index contributed by atoms with van der Waals surface area (Å²) >= 11 is 6.09. The molecule has 4 heterocycles. The molecule has 0 saturated carbocycles. The Kier molecular flexibility index (Phi) is 6.29. The minimum Gasteiger partial charge on any atom is -0.373 e. The quantitative estimate of drug-likeness (QED) is 0.418. The summed E-state index contributed by atoms with van der Waals surface area (Å²) in [5.41, 5.74) is 6.17. The van der Waals surface area contributed by atoms with Crippen molar-refractivity contribution in [1.29, 1.82) is 0 Å². The molecule has 1 aromatic carbocycles. The lowest BCUT2D eigenvalue weighted by Crippen LogP contribution is -2.45. The number of nitrogens with zero attached hydrogens (tertiary/aromatic N) is 5. The number of aryl methyl sites for hydroxylation is 2. The molecule has 0 bridgehead atoms. The molecule has 0 aliphatic carbocycles. The van der Waals surface area contributed by atoms with E-state index in [0.29, 0.717) is 0 Å². The molecule has 1 fully saturated rings. The summed E-state index contributed by atoms with van der Waals surface area (Å²) in [5, 5.41) is 16.3. The van der Waals surface area contributed by atoms with Crippen molar-refractivity contribution in [2.24, 2.45) is 0 Å². The Hall–Kier alpha value is -2.94. The lowest BCUT2D eigenvalue weighted by Gasteiger charge is -2.35. The van der Waals surface area contributed by atoms with E-state index >= 15 is 0 Å². The Bertz CT molecular complexity index is 1290. The third kappa shape index (κ3) is 4.94. The molecular formula is C25H30ClN7O. The summed E-state index contributed by atoms with van der Waals surface area (Å²) in [6.45, 7) is 10.8. The van der Waals surface area contributed by atoms with Crippen molar-refractivity contribution >= 4 is 28.9 Å². The highest BCUT2D eigenvalue weighted by atomic mass is 35.5. The number of fused-ring (bicyclic) bond motifs is 1. The maximum Gasteiger partial charge on any atom is 0.161 e. The summed E-state index contributed by atoms with van der Waals surface area (Å²) < 4.78 is 7.93. The SMILES string of the molecule is Cc1cc(Nc2cc(CN3CC(C)OC(C)C3)n3nc(C)c(Cc4ccc(Cl)cc4)c3n2)n[nH]1. The van der Waals surface area contributed by atoms with Crippen molar-refractivity contribution in [3.8, 4) is 0 Å². The van der Waals surface area contributed by atoms with E-state index in [4.69, 9.17) is 26.4 Å². The predicted octanol–water partition coefficient (Wildman–Crippen LogP) is 4.67. The van der Waals surface area contributed by atoms with Crippen LogP contribution < -0.4 is 5.32 Å². The van der Waals surface area contributed by atoms with E-state index in [1.807, 2.05) is 36.6 Å². The number of aromatic amines is 1. The molecule has 1 aliphatic rings. The minimum atomic E-state index is 0.200. The first-order valence-corrected chi connectivity index (χ1v) is 12.0. The zero-order chi connectivity index (χ0) is 23.8. The second-order valence-corrected chi connectivity index (χ2v) is 9.68. The molecule has 2 unspecified atom stereocenters. The van der Waals surface area contributed by atoms with Gasteiger partial charge >= 0.3 is 0 Å². The summed E-state index contributed by atoms with van der Waals surface area (Å²) in [4.78, 5) is 7.39. The third-order valence-electron chi connectivity index (χ3n) is 6.10. The number of H-pyrrole nitrogens is 1. The van der Waals surface area contributed by atoms with E-state index in [2.05, 4.69) is 52.5 Å². The molecule has 8 nitrogen and oxygen atoms in total. The monoisotopic (exact) mass is 479 g/mol. The average Bonchev–Trinajstić information content (AvgIpc) is 3.32. The molecule has 0 amide bonds. The van der Waals surface area contributed by atoms with Crippen molar-refractivity contribution in [3.05, 3.63) is 69.6 Å². The first kappa shape index (κ1) is 22.8. The highest BCUT2D eigenvalue weighted by molar-refractivity contribution is 6.30. The van der Waals surface area contributed by atoms with Gasteiger partial charge in [0.1, 0.15) is 5.82 Å². The van der Waals surface area contributed by atoms with Gasteiger partial charge in [0, 0.05) is 54.5 Å². The number of halogens is 1. The van der Waals surface area contributed by atoms with Crippen LogP contribution >= 0.6 is 11.6 Å². The molecule has 1 saturated heterocycles. The molecule has 2 atom stereocenters. The van der Waals surface area contributed by atoms with Crippen LogP contribution in [-0.4, -0.2) is 55.0 Å². The summed E-state index contributed by atoms with van der Waals surface area (Å²) in [6.07, 6.45) is 1.13. The van der Waals surface area contributed by atoms with E-state index in [9.17, 15) is 0 Å². The summed E-state index contributed by atoms with van der Waals surface area (Å²) in [7, 11) is 0. The lowest BCUT2D eigenvalue weighted by molar-refractivity contribution is -0.0709. The zero-order valence-corrected chi connectivity index (χ0v) is 20.7. The Labute approximate surface area is 204 Å². The van der Waals surface area contributed by atoms with Crippen LogP contribution in [0.5, 0.6) is 0 Å². The van der Waals surface area contributed by atoms with E-state index in [1.165, 1.54) is 5.56 Å². The van der Waals surface area contributed by atoms with Crippen molar-refractivity contribution in [2.45, 2.75) is 52.9 Å².